The maximum Gasteiger partial charge on any atom is 0.252 e. The average Bonchev–Trinajstić information content (AvgIpc) is 2.83. The van der Waals surface area contributed by atoms with E-state index in [4.69, 9.17) is 4.98 Å². The Hall–Kier alpha value is -1.58. The summed E-state index contributed by atoms with van der Waals surface area (Å²) in [6.45, 7) is 8.12. The quantitative estimate of drug-likeness (QED) is 0.823. The van der Waals surface area contributed by atoms with Gasteiger partial charge in [-0.2, -0.15) is 0 Å². The van der Waals surface area contributed by atoms with Gasteiger partial charge < -0.3 is 10.2 Å². The molecule has 0 aromatic carbocycles. The topological polar surface area (TPSA) is 45.2 Å². The molecule has 0 unspecified atom stereocenters. The van der Waals surface area contributed by atoms with Gasteiger partial charge in [-0.05, 0) is 39.7 Å². The van der Waals surface area contributed by atoms with E-state index in [1.54, 1.807) is 0 Å². The predicted octanol–water partition coefficient (Wildman–Crippen LogP) is 2.01. The van der Waals surface area contributed by atoms with Crippen LogP contribution in [-0.4, -0.2) is 23.0 Å². The molecule has 1 aromatic heterocycles. The molecule has 0 radical (unpaired) electrons. The van der Waals surface area contributed by atoms with Crippen LogP contribution < -0.4 is 10.2 Å². The second-order valence-corrected chi connectivity index (χ2v) is 5.84. The van der Waals surface area contributed by atoms with Gasteiger partial charge >= 0.3 is 0 Å². The van der Waals surface area contributed by atoms with Crippen molar-refractivity contribution in [1.29, 1.82) is 0 Å². The summed E-state index contributed by atoms with van der Waals surface area (Å²) in [6.07, 6.45) is 2.37. The van der Waals surface area contributed by atoms with Crippen LogP contribution in [0.2, 0.25) is 0 Å². The SMILES string of the molecule is Cc1nc(N2CCCC2(C)C)cc2c1CNC2=O. The van der Waals surface area contributed by atoms with E-state index in [1.807, 2.05) is 13.0 Å². The number of aryl methyl sites for hydroxylation is 1. The van der Waals surface area contributed by atoms with E-state index in [-0.39, 0.29) is 11.4 Å². The van der Waals surface area contributed by atoms with Crippen molar-refractivity contribution in [2.24, 2.45) is 0 Å². The third-order valence-electron chi connectivity index (χ3n) is 4.17. The Balaban J connectivity index is 2.07. The number of aromatic nitrogens is 1. The number of pyridine rings is 1. The number of fused-ring (bicyclic) bond motifs is 1. The largest absolute Gasteiger partial charge is 0.351 e. The number of carbonyl (C=O) groups excluding carboxylic acids is 1. The molecule has 0 bridgehead atoms. The molecule has 3 heterocycles. The molecule has 0 aliphatic carbocycles. The highest BCUT2D eigenvalue weighted by atomic mass is 16.1. The maximum absolute atomic E-state index is 11.8. The zero-order valence-electron chi connectivity index (χ0n) is 11.2. The fraction of sp³-hybridized carbons (Fsp3) is 0.571. The summed E-state index contributed by atoms with van der Waals surface area (Å²) in [5.41, 5.74) is 2.98. The molecule has 18 heavy (non-hydrogen) atoms. The van der Waals surface area contributed by atoms with Gasteiger partial charge in [0.05, 0.1) is 0 Å². The Labute approximate surface area is 107 Å². The van der Waals surface area contributed by atoms with Crippen molar-refractivity contribution in [1.82, 2.24) is 10.3 Å². The highest BCUT2D eigenvalue weighted by Gasteiger charge is 2.34. The van der Waals surface area contributed by atoms with E-state index in [0.717, 1.165) is 29.2 Å². The van der Waals surface area contributed by atoms with Gasteiger partial charge in [0.25, 0.3) is 5.91 Å². The minimum atomic E-state index is 0.0359. The lowest BCUT2D eigenvalue weighted by Gasteiger charge is -2.33. The maximum atomic E-state index is 11.8. The van der Waals surface area contributed by atoms with Gasteiger partial charge in [-0.1, -0.05) is 0 Å². The molecular formula is C14H19N3O. The van der Waals surface area contributed by atoms with Crippen LogP contribution in [0.15, 0.2) is 6.07 Å². The highest BCUT2D eigenvalue weighted by molar-refractivity contribution is 5.99. The van der Waals surface area contributed by atoms with Gasteiger partial charge in [-0.25, -0.2) is 4.98 Å². The molecule has 4 nitrogen and oxygen atoms in total. The molecule has 3 rings (SSSR count). The summed E-state index contributed by atoms with van der Waals surface area (Å²) in [7, 11) is 0. The zero-order valence-corrected chi connectivity index (χ0v) is 11.2. The summed E-state index contributed by atoms with van der Waals surface area (Å²) < 4.78 is 0. The second kappa shape index (κ2) is 3.70. The Morgan fingerprint density at radius 1 is 1.44 bits per heavy atom. The van der Waals surface area contributed by atoms with E-state index in [2.05, 4.69) is 24.1 Å². The van der Waals surface area contributed by atoms with Gasteiger partial charge in [0.2, 0.25) is 0 Å². The van der Waals surface area contributed by atoms with Crippen LogP contribution >= 0.6 is 0 Å². The number of hydrogen-bond donors (Lipinski definition) is 1. The molecule has 4 heteroatoms. The Morgan fingerprint density at radius 2 is 2.22 bits per heavy atom. The van der Waals surface area contributed by atoms with Crippen LogP contribution in [0.4, 0.5) is 5.82 Å². The molecule has 1 saturated heterocycles. The van der Waals surface area contributed by atoms with Gasteiger partial charge in [0.1, 0.15) is 5.82 Å². The standard InChI is InChI=1S/C14H19N3O/c1-9-11-8-15-13(18)10(11)7-12(16-9)17-6-4-5-14(17,2)3/h7H,4-6,8H2,1-3H3,(H,15,18). The van der Waals surface area contributed by atoms with E-state index in [0.29, 0.717) is 6.54 Å². The van der Waals surface area contributed by atoms with Crippen molar-refractivity contribution in [3.05, 3.63) is 22.9 Å². The molecule has 0 atom stereocenters. The fourth-order valence-corrected chi connectivity index (χ4v) is 3.04. The van der Waals surface area contributed by atoms with Crippen molar-refractivity contribution < 1.29 is 4.79 Å². The van der Waals surface area contributed by atoms with Gasteiger partial charge in [0, 0.05) is 35.4 Å². The molecule has 2 aliphatic heterocycles. The lowest BCUT2D eigenvalue weighted by Crippen LogP contribution is -2.38. The van der Waals surface area contributed by atoms with Crippen LogP contribution in [0, 0.1) is 6.92 Å². The predicted molar refractivity (Wildman–Crippen MR) is 70.8 cm³/mol. The summed E-state index contributed by atoms with van der Waals surface area (Å²) >= 11 is 0. The number of amides is 1. The summed E-state index contributed by atoms with van der Waals surface area (Å²) in [5, 5.41) is 2.87. The first-order valence-corrected chi connectivity index (χ1v) is 6.55. The minimum Gasteiger partial charge on any atom is -0.351 e. The first-order chi connectivity index (χ1) is 8.49. The van der Waals surface area contributed by atoms with E-state index in [1.165, 1.54) is 12.8 Å². The van der Waals surface area contributed by atoms with Gasteiger partial charge in [-0.15, -0.1) is 0 Å². The van der Waals surface area contributed by atoms with E-state index in [9.17, 15) is 4.79 Å². The summed E-state index contributed by atoms with van der Waals surface area (Å²) in [4.78, 5) is 18.8. The molecule has 1 aromatic rings. The van der Waals surface area contributed by atoms with Gasteiger partial charge in [-0.3, -0.25) is 4.79 Å². The Morgan fingerprint density at radius 3 is 2.89 bits per heavy atom. The number of nitrogens with zero attached hydrogens (tertiary/aromatic N) is 2. The van der Waals surface area contributed by atoms with E-state index >= 15 is 0 Å². The van der Waals surface area contributed by atoms with Crippen LogP contribution in [0.25, 0.3) is 0 Å². The smallest absolute Gasteiger partial charge is 0.252 e. The van der Waals surface area contributed by atoms with Crippen LogP contribution in [0.3, 0.4) is 0 Å². The Bertz CT molecular complexity index is 522. The molecule has 0 saturated carbocycles. The van der Waals surface area contributed by atoms with Gasteiger partial charge in [0.15, 0.2) is 0 Å². The minimum absolute atomic E-state index is 0.0359. The van der Waals surface area contributed by atoms with Crippen LogP contribution in [0.1, 0.15) is 48.3 Å². The number of carbonyl (C=O) groups is 1. The number of rotatable bonds is 1. The van der Waals surface area contributed by atoms with E-state index < -0.39 is 0 Å². The van der Waals surface area contributed by atoms with Crippen molar-refractivity contribution in [2.75, 3.05) is 11.4 Å². The van der Waals surface area contributed by atoms with Crippen LogP contribution in [0.5, 0.6) is 0 Å². The Kier molecular flexibility index (Phi) is 2.37. The highest BCUT2D eigenvalue weighted by Crippen LogP contribution is 2.34. The summed E-state index contributed by atoms with van der Waals surface area (Å²) in [5.74, 6) is 0.986. The van der Waals surface area contributed by atoms with Crippen molar-refractivity contribution in [2.45, 2.75) is 45.7 Å². The first-order valence-electron chi connectivity index (χ1n) is 6.55. The molecule has 96 valence electrons. The lowest BCUT2D eigenvalue weighted by atomic mass is 10.0. The van der Waals surface area contributed by atoms with Crippen LogP contribution in [-0.2, 0) is 6.54 Å². The van der Waals surface area contributed by atoms with Crippen molar-refractivity contribution >= 4 is 11.7 Å². The monoisotopic (exact) mass is 245 g/mol. The second-order valence-electron chi connectivity index (χ2n) is 5.84. The number of nitrogens with one attached hydrogen (secondary N) is 1. The first kappa shape index (κ1) is 11.5. The fourth-order valence-electron chi connectivity index (χ4n) is 3.04. The third-order valence-corrected chi connectivity index (χ3v) is 4.17. The molecule has 2 aliphatic rings. The molecule has 1 amide bonds. The van der Waals surface area contributed by atoms with Crippen molar-refractivity contribution in [3.63, 3.8) is 0 Å². The average molecular weight is 245 g/mol. The third kappa shape index (κ3) is 1.59. The normalized spacial score (nSPS) is 21.1. The van der Waals surface area contributed by atoms with Crippen molar-refractivity contribution in [3.8, 4) is 0 Å². The zero-order chi connectivity index (χ0) is 12.9. The molecular weight excluding hydrogens is 226 g/mol. The molecule has 0 spiro atoms. The molecule has 1 N–H and O–H groups in total. The lowest BCUT2D eigenvalue weighted by molar-refractivity contribution is 0.0965. The summed E-state index contributed by atoms with van der Waals surface area (Å²) in [6, 6.07) is 1.96. The number of anilines is 1. The molecule has 1 fully saturated rings. The number of hydrogen-bond acceptors (Lipinski definition) is 3.